The smallest absolute Gasteiger partial charge is 0.336 e. The van der Waals surface area contributed by atoms with Gasteiger partial charge in [-0.05, 0) is 68.2 Å². The number of carbonyl (C=O) groups excluding carboxylic acids is 2. The van der Waals surface area contributed by atoms with Gasteiger partial charge in [-0.25, -0.2) is 9.59 Å². The molecule has 2 atom stereocenters. The van der Waals surface area contributed by atoms with Crippen molar-refractivity contribution in [3.05, 3.63) is 92.3 Å². The highest BCUT2D eigenvalue weighted by Crippen LogP contribution is 2.41. The molecule has 2 aromatic carbocycles. The Morgan fingerprint density at radius 2 is 1.70 bits per heavy atom. The highest BCUT2D eigenvalue weighted by molar-refractivity contribution is 6.00. The topological polar surface area (TPSA) is 135 Å². The van der Waals surface area contributed by atoms with E-state index in [1.165, 1.54) is 30.9 Å². The second-order valence-electron chi connectivity index (χ2n) is 11.1. The number of hydrogen-bond donors (Lipinski definition) is 1. The fourth-order valence-corrected chi connectivity index (χ4v) is 5.69. The Morgan fingerprint density at radius 3 is 2.35 bits per heavy atom. The zero-order chi connectivity index (χ0) is 32.9. The van der Waals surface area contributed by atoms with Gasteiger partial charge in [-0.3, -0.25) is 10.1 Å². The Morgan fingerprint density at radius 1 is 0.957 bits per heavy atom. The maximum atomic E-state index is 13.6. The molecule has 2 aliphatic rings. The van der Waals surface area contributed by atoms with Crippen molar-refractivity contribution in [2.24, 2.45) is 0 Å². The van der Waals surface area contributed by atoms with Gasteiger partial charge < -0.3 is 29.0 Å². The monoisotopic (exact) mass is 636 g/mol. The maximum Gasteiger partial charge on any atom is 0.336 e. The molecule has 0 aromatic heterocycles. The van der Waals surface area contributed by atoms with E-state index in [0.29, 0.717) is 49.4 Å². The third-order valence-corrected chi connectivity index (χ3v) is 8.04. The Bertz CT molecular complexity index is 1410. The van der Waals surface area contributed by atoms with Gasteiger partial charge in [0.25, 0.3) is 5.69 Å². The second kappa shape index (κ2) is 17.5. The Kier molecular flexibility index (Phi) is 13.2. The number of carbonyl (C=O) groups is 2. The van der Waals surface area contributed by atoms with Crippen LogP contribution in [0.3, 0.4) is 0 Å². The number of esters is 2. The van der Waals surface area contributed by atoms with Crippen LogP contribution >= 0.6 is 0 Å². The second-order valence-corrected chi connectivity index (χ2v) is 11.1. The zero-order valence-electron chi connectivity index (χ0n) is 26.9. The van der Waals surface area contributed by atoms with Crippen molar-refractivity contribution < 1.29 is 38.2 Å². The van der Waals surface area contributed by atoms with E-state index < -0.39 is 22.8 Å². The van der Waals surface area contributed by atoms with Crippen molar-refractivity contribution in [1.82, 2.24) is 5.32 Å². The van der Waals surface area contributed by atoms with Crippen LogP contribution in [0.5, 0.6) is 5.75 Å². The third-order valence-electron chi connectivity index (χ3n) is 8.04. The molecule has 2 heterocycles. The van der Waals surface area contributed by atoms with Gasteiger partial charge in [0.15, 0.2) is 6.29 Å². The summed E-state index contributed by atoms with van der Waals surface area (Å²) in [6, 6.07) is 13.9. The molecular weight excluding hydrogens is 592 g/mol. The lowest BCUT2D eigenvalue weighted by molar-refractivity contribution is -0.384. The number of aryl methyl sites for hydroxylation is 1. The van der Waals surface area contributed by atoms with E-state index in [1.54, 1.807) is 6.07 Å². The molecule has 0 saturated carbocycles. The molecule has 11 nitrogen and oxygen atoms in total. The van der Waals surface area contributed by atoms with E-state index >= 15 is 0 Å². The van der Waals surface area contributed by atoms with Crippen LogP contribution in [-0.2, 0) is 35.0 Å². The number of rotatable bonds is 16. The van der Waals surface area contributed by atoms with Crippen molar-refractivity contribution in [2.75, 3.05) is 33.5 Å². The van der Waals surface area contributed by atoms with Crippen LogP contribution in [0.1, 0.15) is 75.8 Å². The predicted octanol–water partition coefficient (Wildman–Crippen LogP) is 6.27. The van der Waals surface area contributed by atoms with Gasteiger partial charge in [-0.2, -0.15) is 0 Å². The van der Waals surface area contributed by atoms with Crippen LogP contribution in [0.25, 0.3) is 0 Å². The lowest BCUT2D eigenvalue weighted by Crippen LogP contribution is -2.33. The fraction of sp³-hybridized carbons (Fsp3) is 0.486. The van der Waals surface area contributed by atoms with Gasteiger partial charge in [-0.1, -0.05) is 38.1 Å². The highest BCUT2D eigenvalue weighted by atomic mass is 16.7. The number of nitrogens with zero attached hydrogens (tertiary/aromatic N) is 1. The van der Waals surface area contributed by atoms with E-state index in [2.05, 4.69) is 5.32 Å². The minimum atomic E-state index is -0.895. The largest absolute Gasteiger partial charge is 0.493 e. The van der Waals surface area contributed by atoms with Gasteiger partial charge in [0.2, 0.25) is 0 Å². The molecule has 4 rings (SSSR count). The summed E-state index contributed by atoms with van der Waals surface area (Å²) in [7, 11) is 1.27. The molecule has 2 aliphatic heterocycles. The summed E-state index contributed by atoms with van der Waals surface area (Å²) in [6.07, 6.45) is 6.34. The first kappa shape index (κ1) is 34.6. The quantitative estimate of drug-likeness (QED) is 0.0972. The van der Waals surface area contributed by atoms with Gasteiger partial charge >= 0.3 is 11.9 Å². The van der Waals surface area contributed by atoms with Crippen LogP contribution in [0.2, 0.25) is 0 Å². The summed E-state index contributed by atoms with van der Waals surface area (Å²) in [4.78, 5) is 37.7. The molecule has 0 amide bonds. The van der Waals surface area contributed by atoms with Gasteiger partial charge in [0, 0.05) is 36.6 Å². The standard InChI is InChI=1S/C35H44N2O9/c1-4-28-32(34(38)42-3)31(25-12-8-13-26(23-25)37(40)41)33(29(5-2)36-28)35(39)46-22-10-21-43-27-17-15-24(16-18-27)11-9-20-45-30-14-6-7-19-44-30/h8,12-13,15-18,23,30-31,36H,4-7,9-11,14,19-22H2,1-3H3. The molecule has 1 saturated heterocycles. The van der Waals surface area contributed by atoms with Crippen molar-refractivity contribution in [3.63, 3.8) is 0 Å². The van der Waals surface area contributed by atoms with E-state index in [4.69, 9.17) is 23.7 Å². The molecule has 11 heteroatoms. The van der Waals surface area contributed by atoms with Crippen LogP contribution in [0, 0.1) is 10.1 Å². The normalized spacial score (nSPS) is 18.2. The summed E-state index contributed by atoms with van der Waals surface area (Å²) >= 11 is 0. The summed E-state index contributed by atoms with van der Waals surface area (Å²) < 4.78 is 28.0. The fourth-order valence-electron chi connectivity index (χ4n) is 5.69. The molecule has 46 heavy (non-hydrogen) atoms. The minimum Gasteiger partial charge on any atom is -0.493 e. The Labute approximate surface area is 270 Å². The Hall–Kier alpha value is -4.22. The maximum absolute atomic E-state index is 13.6. The molecule has 1 fully saturated rings. The van der Waals surface area contributed by atoms with E-state index in [-0.39, 0.29) is 29.7 Å². The molecule has 1 N–H and O–H groups in total. The molecule has 248 valence electrons. The summed E-state index contributed by atoms with van der Waals surface area (Å²) in [5.74, 6) is -1.41. The lowest BCUT2D eigenvalue weighted by atomic mass is 9.79. The summed E-state index contributed by atoms with van der Waals surface area (Å²) in [6.45, 7) is 5.63. The van der Waals surface area contributed by atoms with Crippen LogP contribution < -0.4 is 10.1 Å². The highest BCUT2D eigenvalue weighted by Gasteiger charge is 2.39. The molecule has 0 aliphatic carbocycles. The molecule has 0 spiro atoms. The Balaban J connectivity index is 1.33. The third kappa shape index (κ3) is 9.17. The van der Waals surface area contributed by atoms with Crippen LogP contribution in [0.4, 0.5) is 5.69 Å². The number of non-ortho nitro benzene ring substituents is 1. The number of dihydropyridines is 1. The molecule has 2 aromatic rings. The average Bonchev–Trinajstić information content (AvgIpc) is 3.09. The molecule has 2 unspecified atom stereocenters. The van der Waals surface area contributed by atoms with Gasteiger partial charge in [-0.15, -0.1) is 0 Å². The first-order valence-corrected chi connectivity index (χ1v) is 16.0. The first-order chi connectivity index (χ1) is 22.4. The SMILES string of the molecule is CCC1=C(C(=O)OC)C(c2cccc([N+](=O)[O-])c2)C(C(=O)OCCCOc2ccc(CCCOC3CCCCO3)cc2)=C(CC)N1. The predicted molar refractivity (Wildman–Crippen MR) is 171 cm³/mol. The molecule has 0 radical (unpaired) electrons. The van der Waals surface area contributed by atoms with E-state index in [9.17, 15) is 19.7 Å². The number of nitro benzene ring substituents is 1. The zero-order valence-corrected chi connectivity index (χ0v) is 26.9. The van der Waals surface area contributed by atoms with Gasteiger partial charge in [0.1, 0.15) is 5.75 Å². The first-order valence-electron chi connectivity index (χ1n) is 16.0. The van der Waals surface area contributed by atoms with Crippen molar-refractivity contribution in [1.29, 1.82) is 0 Å². The summed E-state index contributed by atoms with van der Waals surface area (Å²) in [5, 5.41) is 14.8. The van der Waals surface area contributed by atoms with Crippen molar-refractivity contribution in [3.8, 4) is 5.75 Å². The number of ether oxygens (including phenoxy) is 5. The van der Waals surface area contributed by atoms with Crippen molar-refractivity contribution >= 4 is 17.6 Å². The number of benzene rings is 2. The van der Waals surface area contributed by atoms with Crippen molar-refractivity contribution in [2.45, 2.75) is 77.4 Å². The minimum absolute atomic E-state index is 0.0640. The van der Waals surface area contributed by atoms with Crippen LogP contribution in [-0.4, -0.2) is 56.7 Å². The van der Waals surface area contributed by atoms with E-state index in [0.717, 1.165) is 44.5 Å². The lowest BCUT2D eigenvalue weighted by Gasteiger charge is -2.32. The number of hydrogen-bond acceptors (Lipinski definition) is 10. The van der Waals surface area contributed by atoms with Crippen LogP contribution in [0.15, 0.2) is 71.1 Å². The average molecular weight is 637 g/mol. The number of nitrogens with one attached hydrogen (secondary N) is 1. The van der Waals surface area contributed by atoms with E-state index in [1.807, 2.05) is 38.1 Å². The number of methoxy groups -OCH3 is 1. The number of nitro groups is 1. The molecule has 0 bridgehead atoms. The number of allylic oxidation sites excluding steroid dienone is 2. The summed E-state index contributed by atoms with van der Waals surface area (Å²) in [5.41, 5.74) is 3.13. The molecular formula is C35H44N2O9. The van der Waals surface area contributed by atoms with Gasteiger partial charge in [0.05, 0.1) is 48.9 Å².